The van der Waals surface area contributed by atoms with Crippen molar-refractivity contribution in [2.45, 2.75) is 25.0 Å². The lowest BCUT2D eigenvalue weighted by Crippen LogP contribution is -2.28. The summed E-state index contributed by atoms with van der Waals surface area (Å²) < 4.78 is 11.6. The second-order valence-electron chi connectivity index (χ2n) is 7.71. The van der Waals surface area contributed by atoms with Gasteiger partial charge in [0.1, 0.15) is 5.75 Å². The van der Waals surface area contributed by atoms with Gasteiger partial charge in [0.15, 0.2) is 11.5 Å². The van der Waals surface area contributed by atoms with E-state index < -0.39 is 6.10 Å². The summed E-state index contributed by atoms with van der Waals surface area (Å²) in [5.41, 5.74) is 0.849. The molecule has 1 saturated heterocycles. The molecule has 0 bridgehead atoms. The molecule has 1 aliphatic heterocycles. The molecule has 4 rings (SSSR count). The van der Waals surface area contributed by atoms with Gasteiger partial charge in [0.05, 0.1) is 19.3 Å². The number of aromatic hydroxyl groups is 1. The Bertz CT molecular complexity index is 749. The maximum Gasteiger partial charge on any atom is 0.161 e. The van der Waals surface area contributed by atoms with Gasteiger partial charge >= 0.3 is 0 Å². The van der Waals surface area contributed by atoms with Crippen molar-refractivity contribution in [3.63, 3.8) is 0 Å². The van der Waals surface area contributed by atoms with Gasteiger partial charge in [0.25, 0.3) is 0 Å². The van der Waals surface area contributed by atoms with Crippen LogP contribution in [0.5, 0.6) is 17.2 Å². The van der Waals surface area contributed by atoms with Crippen LogP contribution in [-0.4, -0.2) is 48.0 Å². The van der Waals surface area contributed by atoms with E-state index in [0.29, 0.717) is 18.4 Å². The zero-order chi connectivity index (χ0) is 18.8. The first-order valence-corrected chi connectivity index (χ1v) is 9.61. The third kappa shape index (κ3) is 4.04. The minimum Gasteiger partial charge on any atom is -0.508 e. The zero-order valence-corrected chi connectivity index (χ0v) is 15.6. The number of aliphatic hydroxyl groups is 1. The van der Waals surface area contributed by atoms with Crippen molar-refractivity contribution in [1.29, 1.82) is 0 Å². The van der Waals surface area contributed by atoms with E-state index in [-0.39, 0.29) is 11.9 Å². The number of methoxy groups -OCH3 is 1. The topological polar surface area (TPSA) is 62.2 Å². The molecule has 0 spiro atoms. The molecule has 2 fully saturated rings. The number of hydrogen-bond acceptors (Lipinski definition) is 5. The van der Waals surface area contributed by atoms with E-state index in [2.05, 4.69) is 4.90 Å². The number of fused-ring (bicyclic) bond motifs is 1. The van der Waals surface area contributed by atoms with Crippen molar-refractivity contribution in [3.8, 4) is 17.2 Å². The van der Waals surface area contributed by atoms with Gasteiger partial charge in [-0.25, -0.2) is 0 Å². The summed E-state index contributed by atoms with van der Waals surface area (Å²) in [5.74, 6) is 3.08. The van der Waals surface area contributed by atoms with Crippen LogP contribution in [0.1, 0.15) is 24.5 Å². The second kappa shape index (κ2) is 7.79. The molecule has 5 nitrogen and oxygen atoms in total. The highest BCUT2D eigenvalue weighted by Gasteiger charge is 2.42. The number of hydrogen-bond donors (Lipinski definition) is 2. The van der Waals surface area contributed by atoms with E-state index in [4.69, 9.17) is 9.47 Å². The number of likely N-dealkylation sites (tertiary alicyclic amines) is 1. The SMILES string of the molecule is COc1ccccc1O[C@H]1C[C@@H]2CN(CC(O)c3ccc(O)cc3)C[C@@H]2C1. The van der Waals surface area contributed by atoms with Gasteiger partial charge in [0, 0.05) is 19.6 Å². The first-order chi connectivity index (χ1) is 13.1. The standard InChI is InChI=1S/C22H27NO4/c1-26-21-4-2-3-5-22(21)27-19-10-16-12-23(13-17(16)11-19)14-20(25)15-6-8-18(24)9-7-15/h2-9,16-17,19-20,24-25H,10-14H2,1H3/t16-,17+,19+,20?. The number of aliphatic hydroxyl groups excluding tert-OH is 1. The van der Waals surface area contributed by atoms with Crippen molar-refractivity contribution < 1.29 is 19.7 Å². The molecule has 0 amide bonds. The van der Waals surface area contributed by atoms with E-state index in [1.54, 1.807) is 31.4 Å². The Morgan fingerprint density at radius 2 is 1.63 bits per heavy atom. The van der Waals surface area contributed by atoms with Crippen molar-refractivity contribution in [3.05, 3.63) is 54.1 Å². The number of β-amino-alcohol motifs (C(OH)–C–C–N with tert-alkyl or cyclic N) is 1. The Morgan fingerprint density at radius 1 is 1.00 bits per heavy atom. The molecule has 1 saturated carbocycles. The molecule has 2 aliphatic rings. The number of benzene rings is 2. The third-order valence-electron chi connectivity index (χ3n) is 5.86. The molecule has 1 aliphatic carbocycles. The predicted octanol–water partition coefficient (Wildman–Crippen LogP) is 3.22. The molecular weight excluding hydrogens is 342 g/mol. The van der Waals surface area contributed by atoms with Crippen LogP contribution in [-0.2, 0) is 0 Å². The average Bonchev–Trinajstić information content (AvgIpc) is 3.20. The number of rotatable bonds is 6. The molecule has 2 aromatic carbocycles. The van der Waals surface area contributed by atoms with E-state index >= 15 is 0 Å². The predicted molar refractivity (Wildman–Crippen MR) is 103 cm³/mol. The summed E-state index contributed by atoms with van der Waals surface area (Å²) in [4.78, 5) is 2.35. The highest BCUT2D eigenvalue weighted by Crippen LogP contribution is 2.41. The molecule has 4 atom stereocenters. The van der Waals surface area contributed by atoms with E-state index in [9.17, 15) is 10.2 Å². The molecule has 144 valence electrons. The second-order valence-corrected chi connectivity index (χ2v) is 7.71. The van der Waals surface area contributed by atoms with Crippen LogP contribution in [0.25, 0.3) is 0 Å². The first kappa shape index (κ1) is 18.1. The highest BCUT2D eigenvalue weighted by atomic mass is 16.5. The average molecular weight is 369 g/mol. The number of nitrogens with zero attached hydrogens (tertiary/aromatic N) is 1. The van der Waals surface area contributed by atoms with Crippen LogP contribution in [0.2, 0.25) is 0 Å². The Hall–Kier alpha value is -2.24. The molecular formula is C22H27NO4. The van der Waals surface area contributed by atoms with Crippen LogP contribution >= 0.6 is 0 Å². The minimum atomic E-state index is -0.523. The Morgan fingerprint density at radius 3 is 2.26 bits per heavy atom. The van der Waals surface area contributed by atoms with Crippen molar-refractivity contribution in [2.75, 3.05) is 26.7 Å². The lowest BCUT2D eigenvalue weighted by Gasteiger charge is -2.23. The number of phenolic OH excluding ortho intramolecular Hbond substituents is 1. The molecule has 27 heavy (non-hydrogen) atoms. The van der Waals surface area contributed by atoms with Gasteiger partial charge in [-0.2, -0.15) is 0 Å². The van der Waals surface area contributed by atoms with Gasteiger partial charge in [-0.3, -0.25) is 4.90 Å². The van der Waals surface area contributed by atoms with Crippen LogP contribution in [0.3, 0.4) is 0 Å². The van der Waals surface area contributed by atoms with Crippen LogP contribution in [0, 0.1) is 11.8 Å². The van der Waals surface area contributed by atoms with Gasteiger partial charge < -0.3 is 19.7 Å². The van der Waals surface area contributed by atoms with E-state index in [1.807, 2.05) is 24.3 Å². The summed E-state index contributed by atoms with van der Waals surface area (Å²) in [5, 5.41) is 19.9. The fraction of sp³-hybridized carbons (Fsp3) is 0.455. The Kier molecular flexibility index (Phi) is 5.23. The van der Waals surface area contributed by atoms with Gasteiger partial charge in [-0.1, -0.05) is 24.3 Å². The molecule has 0 aromatic heterocycles. The fourth-order valence-electron chi connectivity index (χ4n) is 4.53. The normalized spacial score (nSPS) is 25.9. The molecule has 1 heterocycles. The summed E-state index contributed by atoms with van der Waals surface area (Å²) in [6.45, 7) is 2.65. The summed E-state index contributed by atoms with van der Waals surface area (Å²) >= 11 is 0. The minimum absolute atomic E-state index is 0.225. The number of para-hydroxylation sites is 2. The number of ether oxygens (including phenoxy) is 2. The molecule has 2 aromatic rings. The number of phenols is 1. The van der Waals surface area contributed by atoms with Crippen molar-refractivity contribution >= 4 is 0 Å². The van der Waals surface area contributed by atoms with Crippen molar-refractivity contribution in [1.82, 2.24) is 4.90 Å². The maximum atomic E-state index is 10.5. The van der Waals surface area contributed by atoms with Gasteiger partial charge in [-0.15, -0.1) is 0 Å². The lowest BCUT2D eigenvalue weighted by molar-refractivity contribution is 0.116. The summed E-state index contributed by atoms with van der Waals surface area (Å²) in [7, 11) is 1.67. The maximum absolute atomic E-state index is 10.5. The first-order valence-electron chi connectivity index (χ1n) is 9.61. The van der Waals surface area contributed by atoms with Crippen LogP contribution < -0.4 is 9.47 Å². The third-order valence-corrected chi connectivity index (χ3v) is 5.86. The lowest BCUT2D eigenvalue weighted by atomic mass is 10.0. The largest absolute Gasteiger partial charge is 0.508 e. The fourth-order valence-corrected chi connectivity index (χ4v) is 4.53. The smallest absolute Gasteiger partial charge is 0.161 e. The Balaban J connectivity index is 1.30. The summed E-state index contributed by atoms with van der Waals surface area (Å²) in [6.07, 6.45) is 1.81. The highest BCUT2D eigenvalue weighted by molar-refractivity contribution is 5.39. The monoisotopic (exact) mass is 369 g/mol. The van der Waals surface area contributed by atoms with E-state index in [0.717, 1.165) is 43.0 Å². The van der Waals surface area contributed by atoms with E-state index in [1.165, 1.54) is 0 Å². The van der Waals surface area contributed by atoms with Crippen LogP contribution in [0.4, 0.5) is 0 Å². The molecule has 5 heteroatoms. The van der Waals surface area contributed by atoms with Crippen molar-refractivity contribution in [2.24, 2.45) is 11.8 Å². The van der Waals surface area contributed by atoms with Gasteiger partial charge in [0.2, 0.25) is 0 Å². The zero-order valence-electron chi connectivity index (χ0n) is 15.6. The molecule has 2 N–H and O–H groups in total. The van der Waals surface area contributed by atoms with Gasteiger partial charge in [-0.05, 0) is 54.5 Å². The summed E-state index contributed by atoms with van der Waals surface area (Å²) in [6, 6.07) is 14.6. The Labute approximate surface area is 160 Å². The molecule has 0 radical (unpaired) electrons. The van der Waals surface area contributed by atoms with Crippen LogP contribution in [0.15, 0.2) is 48.5 Å². The molecule has 1 unspecified atom stereocenters. The quantitative estimate of drug-likeness (QED) is 0.819.